The quantitative estimate of drug-likeness (QED) is 0.833. The summed E-state index contributed by atoms with van der Waals surface area (Å²) >= 11 is 9.31. The molecule has 0 radical (unpaired) electrons. The lowest BCUT2D eigenvalue weighted by Gasteiger charge is -1.90. The van der Waals surface area contributed by atoms with Crippen LogP contribution in [0.3, 0.4) is 0 Å². The Hall–Kier alpha value is -0.260. The summed E-state index contributed by atoms with van der Waals surface area (Å²) in [5.41, 5.74) is 1.08. The number of nitrogens with zero attached hydrogens (tertiary/aromatic N) is 1. The first kappa shape index (κ1) is 10.3. The Balaban J connectivity index is 2.24. The number of imidazole rings is 1. The van der Waals surface area contributed by atoms with Gasteiger partial charge in [0.15, 0.2) is 0 Å². The molecule has 2 aromatic rings. The highest BCUT2D eigenvalue weighted by molar-refractivity contribution is 9.11. The Morgan fingerprint density at radius 3 is 3.00 bits per heavy atom. The second kappa shape index (κ2) is 4.51. The third-order valence-corrected chi connectivity index (χ3v) is 3.70. The van der Waals surface area contributed by atoms with Crippen molar-refractivity contribution in [3.05, 3.63) is 27.9 Å². The second-order valence-corrected chi connectivity index (χ2v) is 5.73. The van der Waals surface area contributed by atoms with Crippen LogP contribution in [0.25, 0.3) is 10.6 Å². The van der Waals surface area contributed by atoms with E-state index < -0.39 is 0 Å². The van der Waals surface area contributed by atoms with E-state index in [9.17, 15) is 0 Å². The molecule has 2 nitrogen and oxygen atoms in total. The summed E-state index contributed by atoms with van der Waals surface area (Å²) in [5.74, 6) is 1.82. The van der Waals surface area contributed by atoms with Crippen LogP contribution in [-0.2, 0) is 6.42 Å². The van der Waals surface area contributed by atoms with Gasteiger partial charge >= 0.3 is 0 Å². The van der Waals surface area contributed by atoms with Crippen molar-refractivity contribution in [2.45, 2.75) is 6.42 Å². The number of rotatable bonds is 3. The maximum absolute atomic E-state index is 4.28. The lowest BCUT2D eigenvalue weighted by molar-refractivity contribution is 1.00. The number of halogens is 1. The Kier molecular flexibility index (Phi) is 3.30. The van der Waals surface area contributed by atoms with Crippen LogP contribution in [0.1, 0.15) is 5.82 Å². The average molecular weight is 289 g/mol. The lowest BCUT2D eigenvalue weighted by atomic mass is 10.4. The van der Waals surface area contributed by atoms with Gasteiger partial charge in [0.05, 0.1) is 20.6 Å². The van der Waals surface area contributed by atoms with Crippen molar-refractivity contribution in [1.29, 1.82) is 0 Å². The van der Waals surface area contributed by atoms with Crippen molar-refractivity contribution < 1.29 is 0 Å². The number of hydrogen-bond donors (Lipinski definition) is 2. The largest absolute Gasteiger partial charge is 0.341 e. The number of aromatic nitrogens is 2. The summed E-state index contributed by atoms with van der Waals surface area (Å²) < 4.78 is 1.14. The molecule has 5 heteroatoms. The molecule has 2 heterocycles. The normalized spacial score (nSPS) is 10.7. The van der Waals surface area contributed by atoms with Gasteiger partial charge in [0, 0.05) is 6.42 Å². The number of hydrogen-bond acceptors (Lipinski definition) is 3. The van der Waals surface area contributed by atoms with Crippen molar-refractivity contribution in [2.75, 3.05) is 5.75 Å². The Bertz CT molecular complexity index is 422. The van der Waals surface area contributed by atoms with Crippen molar-refractivity contribution in [1.82, 2.24) is 9.97 Å². The topological polar surface area (TPSA) is 28.7 Å². The number of aryl methyl sites for hydroxylation is 1. The molecule has 0 saturated carbocycles. The van der Waals surface area contributed by atoms with Crippen LogP contribution in [0.2, 0.25) is 0 Å². The molecule has 1 N–H and O–H groups in total. The molecule has 14 heavy (non-hydrogen) atoms. The predicted octanol–water partition coefficient (Wildman–Crippen LogP) is 3.37. The van der Waals surface area contributed by atoms with Crippen LogP contribution in [0.5, 0.6) is 0 Å². The molecule has 2 aromatic heterocycles. The number of thiol groups is 1. The van der Waals surface area contributed by atoms with Gasteiger partial charge in [0.1, 0.15) is 5.82 Å². The van der Waals surface area contributed by atoms with Gasteiger partial charge in [-0.1, -0.05) is 0 Å². The van der Waals surface area contributed by atoms with Gasteiger partial charge in [-0.25, -0.2) is 4.98 Å². The Morgan fingerprint density at radius 1 is 1.50 bits per heavy atom. The highest BCUT2D eigenvalue weighted by Crippen LogP contribution is 2.29. The van der Waals surface area contributed by atoms with E-state index in [4.69, 9.17) is 0 Å². The molecule has 0 saturated heterocycles. The fourth-order valence-corrected chi connectivity index (χ4v) is 2.74. The highest BCUT2D eigenvalue weighted by atomic mass is 79.9. The fraction of sp³-hybridized carbons (Fsp3) is 0.222. The number of nitrogens with one attached hydrogen (secondary N) is 1. The van der Waals surface area contributed by atoms with Gasteiger partial charge < -0.3 is 4.98 Å². The molecule has 0 spiro atoms. The molecule has 0 amide bonds. The van der Waals surface area contributed by atoms with Crippen molar-refractivity contribution in [3.8, 4) is 10.6 Å². The van der Waals surface area contributed by atoms with E-state index in [1.807, 2.05) is 12.3 Å². The number of thiophene rings is 1. The molecule has 2 rings (SSSR count). The summed E-state index contributed by atoms with van der Waals surface area (Å²) in [6.45, 7) is 0. The van der Waals surface area contributed by atoms with Gasteiger partial charge in [-0.2, -0.15) is 12.6 Å². The van der Waals surface area contributed by atoms with Gasteiger partial charge in [0.25, 0.3) is 0 Å². The maximum atomic E-state index is 4.28. The third kappa shape index (κ3) is 2.21. The first-order valence-corrected chi connectivity index (χ1v) is 6.44. The van der Waals surface area contributed by atoms with Crippen molar-refractivity contribution in [2.24, 2.45) is 0 Å². The summed E-state index contributed by atoms with van der Waals surface area (Å²) in [7, 11) is 0. The molecule has 0 atom stereocenters. The molecular weight excluding hydrogens is 280 g/mol. The van der Waals surface area contributed by atoms with Crippen LogP contribution >= 0.6 is 39.9 Å². The van der Waals surface area contributed by atoms with E-state index >= 15 is 0 Å². The standard InChI is InChI=1S/C9H9BrN2S2/c10-8-2-1-7(14-8)6-5-11-9(12-6)3-4-13/h1-2,5,13H,3-4H2,(H,11,12). The minimum Gasteiger partial charge on any atom is -0.341 e. The van der Waals surface area contributed by atoms with Crippen molar-refractivity contribution >= 4 is 39.9 Å². The van der Waals surface area contributed by atoms with Gasteiger partial charge in [0.2, 0.25) is 0 Å². The zero-order valence-corrected chi connectivity index (χ0v) is 10.6. The molecule has 0 fully saturated rings. The van der Waals surface area contributed by atoms with Gasteiger partial charge in [-0.3, -0.25) is 0 Å². The van der Waals surface area contributed by atoms with Crippen molar-refractivity contribution in [3.63, 3.8) is 0 Å². The van der Waals surface area contributed by atoms with Crippen LogP contribution in [-0.4, -0.2) is 15.7 Å². The average Bonchev–Trinajstić information content (AvgIpc) is 2.74. The third-order valence-electron chi connectivity index (χ3n) is 1.82. The second-order valence-electron chi connectivity index (χ2n) is 2.82. The molecule has 74 valence electrons. The summed E-state index contributed by atoms with van der Waals surface area (Å²) in [5, 5.41) is 0. The van der Waals surface area contributed by atoms with E-state index in [1.165, 1.54) is 4.88 Å². The molecular formula is C9H9BrN2S2. The SMILES string of the molecule is SCCc1ncc(-c2ccc(Br)s2)[nH]1. The van der Waals surface area contributed by atoms with E-state index in [0.29, 0.717) is 0 Å². The maximum Gasteiger partial charge on any atom is 0.107 e. The minimum absolute atomic E-state index is 0.821. The highest BCUT2D eigenvalue weighted by Gasteiger charge is 2.04. The number of H-pyrrole nitrogens is 1. The number of aromatic amines is 1. The van der Waals surface area contributed by atoms with Gasteiger partial charge in [-0.15, -0.1) is 11.3 Å². The van der Waals surface area contributed by atoms with Crippen LogP contribution in [0.4, 0.5) is 0 Å². The van der Waals surface area contributed by atoms with E-state index in [2.05, 4.69) is 44.6 Å². The van der Waals surface area contributed by atoms with E-state index in [0.717, 1.165) is 27.5 Å². The first-order valence-electron chi connectivity index (χ1n) is 4.20. The smallest absolute Gasteiger partial charge is 0.107 e. The molecule has 0 bridgehead atoms. The molecule has 0 aliphatic heterocycles. The zero-order chi connectivity index (χ0) is 9.97. The lowest BCUT2D eigenvalue weighted by Crippen LogP contribution is -1.87. The minimum atomic E-state index is 0.821. The Labute approximate surface area is 100 Å². The first-order chi connectivity index (χ1) is 6.79. The van der Waals surface area contributed by atoms with Gasteiger partial charge in [-0.05, 0) is 33.8 Å². The summed E-state index contributed by atoms with van der Waals surface area (Å²) in [4.78, 5) is 8.76. The zero-order valence-electron chi connectivity index (χ0n) is 7.33. The molecule has 0 aliphatic rings. The summed E-state index contributed by atoms with van der Waals surface area (Å²) in [6.07, 6.45) is 2.76. The fourth-order valence-electron chi connectivity index (χ4n) is 1.18. The molecule has 0 aliphatic carbocycles. The molecule has 0 unspecified atom stereocenters. The van der Waals surface area contributed by atoms with Crippen LogP contribution < -0.4 is 0 Å². The Morgan fingerprint density at radius 2 is 2.36 bits per heavy atom. The van der Waals surface area contributed by atoms with E-state index in [-0.39, 0.29) is 0 Å². The van der Waals surface area contributed by atoms with E-state index in [1.54, 1.807) is 11.3 Å². The van der Waals surface area contributed by atoms with Crippen LogP contribution in [0, 0.1) is 0 Å². The predicted molar refractivity (Wildman–Crippen MR) is 67.2 cm³/mol. The molecule has 0 aromatic carbocycles. The summed E-state index contributed by atoms with van der Waals surface area (Å²) in [6, 6.07) is 4.12. The van der Waals surface area contributed by atoms with Crippen LogP contribution in [0.15, 0.2) is 22.1 Å². The monoisotopic (exact) mass is 288 g/mol.